The first-order chi connectivity index (χ1) is 28.3. The van der Waals surface area contributed by atoms with Crippen LogP contribution in [0.1, 0.15) is 158 Å². The number of hydrogen-bond acceptors (Lipinski definition) is 12. The number of ether oxygens (including phenoxy) is 2. The number of furan rings is 1. The Hall–Kier alpha value is -2.64. The van der Waals surface area contributed by atoms with Gasteiger partial charge in [-0.1, -0.05) is 95.9 Å². The summed E-state index contributed by atoms with van der Waals surface area (Å²) in [5.74, 6) is 0.461. The minimum absolute atomic E-state index is 0.00412. The molecule has 1 aromatic heterocycles. The second kappa shape index (κ2) is 30.4. The van der Waals surface area contributed by atoms with Crippen molar-refractivity contribution < 1.29 is 57.0 Å². The second-order valence-electron chi connectivity index (χ2n) is 15.9. The molecule has 1 aliphatic rings. The molecule has 0 saturated heterocycles. The Bertz CT molecular complexity index is 1460. The van der Waals surface area contributed by atoms with Gasteiger partial charge in [0.05, 0.1) is 25.4 Å². The first kappa shape index (κ1) is 52.5. The number of carbonyl (C=O) groups is 3. The van der Waals surface area contributed by atoms with Gasteiger partial charge in [0.1, 0.15) is 23.9 Å². The normalized spacial score (nSPS) is 19.1. The van der Waals surface area contributed by atoms with Gasteiger partial charge in [0.15, 0.2) is 6.10 Å². The molecule has 0 aromatic carbocycles. The van der Waals surface area contributed by atoms with Crippen molar-refractivity contribution in [1.82, 2.24) is 0 Å². The molecule has 1 aliphatic carbocycles. The zero-order valence-corrected chi connectivity index (χ0v) is 37.3. The molecule has 1 unspecified atom stereocenters. The predicted octanol–water partition coefficient (Wildman–Crippen LogP) is 8.63. The summed E-state index contributed by atoms with van der Waals surface area (Å²) in [6.07, 6.45) is 21.4. The standard InChI is InChI=1S/C45H76NO12P/c1-5-7-16-22-36(47)27-28-39-38(40(48)31-41(39)49)23-17-14-15-20-26-45(51)57-37(33-56-59(52,53)55-30-29-46)32-54-44(50)25-19-13-11-9-8-10-12-18-24-43-35(4)34(3)42(58-43)21-6-2/h14,17,27-28,36-39,41,47,49H,5-13,15-16,18-26,29-33,46H2,1-4H3,(H,52,53)/b17-14-,28-27+/t36-,37+,38+,39+,41+/m0/s1. The van der Waals surface area contributed by atoms with E-state index >= 15 is 0 Å². The fourth-order valence-electron chi connectivity index (χ4n) is 7.25. The summed E-state index contributed by atoms with van der Waals surface area (Å²) in [6, 6.07) is 0. The maximum absolute atomic E-state index is 12.7. The molecule has 338 valence electrons. The summed E-state index contributed by atoms with van der Waals surface area (Å²) in [6.45, 7) is 7.50. The van der Waals surface area contributed by atoms with Gasteiger partial charge >= 0.3 is 19.8 Å². The topological polar surface area (TPSA) is 205 Å². The molecule has 5 N–H and O–H groups in total. The van der Waals surface area contributed by atoms with E-state index in [1.807, 2.05) is 12.2 Å². The number of aryl methyl sites for hydroxylation is 2. The largest absolute Gasteiger partial charge is 0.472 e. The Morgan fingerprint density at radius 2 is 1.53 bits per heavy atom. The number of hydrogen-bond donors (Lipinski definition) is 4. The molecule has 59 heavy (non-hydrogen) atoms. The fraction of sp³-hybridized carbons (Fsp3) is 0.756. The summed E-state index contributed by atoms with van der Waals surface area (Å²) in [5, 5.41) is 20.7. The molecule has 0 aliphatic heterocycles. The number of nitrogens with two attached hydrogens (primary N) is 1. The minimum atomic E-state index is -4.46. The van der Waals surface area contributed by atoms with Gasteiger partial charge in [-0.05, 0) is 69.9 Å². The number of esters is 2. The third kappa shape index (κ3) is 22.1. The molecule has 1 aromatic rings. The molecule has 1 saturated carbocycles. The van der Waals surface area contributed by atoms with Gasteiger partial charge < -0.3 is 34.7 Å². The van der Waals surface area contributed by atoms with E-state index in [2.05, 4.69) is 27.7 Å². The lowest BCUT2D eigenvalue weighted by Gasteiger charge is -2.19. The fourth-order valence-corrected chi connectivity index (χ4v) is 8.02. The molecule has 0 bridgehead atoms. The molecule has 1 fully saturated rings. The minimum Gasteiger partial charge on any atom is -0.466 e. The Balaban J connectivity index is 1.70. The lowest BCUT2D eigenvalue weighted by Crippen LogP contribution is -2.29. The highest BCUT2D eigenvalue weighted by molar-refractivity contribution is 7.47. The van der Waals surface area contributed by atoms with E-state index < -0.39 is 44.7 Å². The van der Waals surface area contributed by atoms with Crippen molar-refractivity contribution in [2.45, 2.75) is 181 Å². The number of unbranched alkanes of at least 4 members (excludes halogenated alkanes) is 10. The molecular weight excluding hydrogens is 777 g/mol. The summed E-state index contributed by atoms with van der Waals surface area (Å²) in [5.41, 5.74) is 7.94. The monoisotopic (exact) mass is 854 g/mol. The zero-order chi connectivity index (χ0) is 43.5. The zero-order valence-electron chi connectivity index (χ0n) is 36.4. The number of phosphoric acid groups is 1. The molecule has 0 radical (unpaired) electrons. The van der Waals surface area contributed by atoms with Crippen molar-refractivity contribution >= 4 is 25.5 Å². The van der Waals surface area contributed by atoms with E-state index in [-0.39, 0.29) is 56.6 Å². The average Bonchev–Trinajstić information content (AvgIpc) is 3.63. The number of allylic oxidation sites excluding steroid dienone is 2. The van der Waals surface area contributed by atoms with Crippen molar-refractivity contribution in [3.8, 4) is 0 Å². The Labute approximate surface area is 353 Å². The molecule has 0 amide bonds. The van der Waals surface area contributed by atoms with Crippen LogP contribution in [0.25, 0.3) is 0 Å². The van der Waals surface area contributed by atoms with E-state index in [0.29, 0.717) is 32.1 Å². The highest BCUT2D eigenvalue weighted by atomic mass is 31.2. The van der Waals surface area contributed by atoms with Gasteiger partial charge in [-0.2, -0.15) is 0 Å². The maximum atomic E-state index is 12.7. The third-order valence-electron chi connectivity index (χ3n) is 10.9. The summed E-state index contributed by atoms with van der Waals surface area (Å²) in [7, 11) is -4.46. The summed E-state index contributed by atoms with van der Waals surface area (Å²) < 4.78 is 38.9. The lowest BCUT2D eigenvalue weighted by molar-refractivity contribution is -0.161. The van der Waals surface area contributed by atoms with Crippen LogP contribution in [-0.4, -0.2) is 77.5 Å². The highest BCUT2D eigenvalue weighted by Crippen LogP contribution is 2.43. The first-order valence-corrected chi connectivity index (χ1v) is 23.8. The molecule has 6 atom stereocenters. The second-order valence-corrected chi connectivity index (χ2v) is 17.4. The number of Topliss-reactive ketones (excluding diaryl/α,β-unsaturated/α-hetero) is 1. The van der Waals surface area contributed by atoms with Gasteiger partial charge in [-0.15, -0.1) is 0 Å². The Morgan fingerprint density at radius 1 is 0.864 bits per heavy atom. The smallest absolute Gasteiger partial charge is 0.466 e. The lowest BCUT2D eigenvalue weighted by atomic mass is 9.90. The number of rotatable bonds is 34. The van der Waals surface area contributed by atoms with Crippen LogP contribution in [0.5, 0.6) is 0 Å². The molecule has 13 nitrogen and oxygen atoms in total. The van der Waals surface area contributed by atoms with Crippen LogP contribution in [0.2, 0.25) is 0 Å². The van der Waals surface area contributed by atoms with Gasteiger partial charge in [0.25, 0.3) is 0 Å². The molecule has 0 spiro atoms. The van der Waals surface area contributed by atoms with E-state index in [1.54, 1.807) is 12.2 Å². The summed E-state index contributed by atoms with van der Waals surface area (Å²) in [4.78, 5) is 47.7. The van der Waals surface area contributed by atoms with E-state index in [1.165, 1.54) is 17.5 Å². The maximum Gasteiger partial charge on any atom is 0.472 e. The van der Waals surface area contributed by atoms with Crippen LogP contribution in [0.4, 0.5) is 0 Å². The summed E-state index contributed by atoms with van der Waals surface area (Å²) >= 11 is 0. The molecular formula is C45H76NO12P. The van der Waals surface area contributed by atoms with Crippen LogP contribution < -0.4 is 5.73 Å². The van der Waals surface area contributed by atoms with Gasteiger partial charge in [0.2, 0.25) is 0 Å². The van der Waals surface area contributed by atoms with Crippen LogP contribution in [-0.2, 0) is 50.3 Å². The van der Waals surface area contributed by atoms with Crippen molar-refractivity contribution in [1.29, 1.82) is 0 Å². The predicted molar refractivity (Wildman–Crippen MR) is 229 cm³/mol. The van der Waals surface area contributed by atoms with Crippen LogP contribution >= 0.6 is 7.82 Å². The Morgan fingerprint density at radius 3 is 2.20 bits per heavy atom. The quantitative estimate of drug-likeness (QED) is 0.0222. The van der Waals surface area contributed by atoms with E-state index in [9.17, 15) is 34.1 Å². The van der Waals surface area contributed by atoms with Crippen LogP contribution in [0.3, 0.4) is 0 Å². The van der Waals surface area contributed by atoms with Gasteiger partial charge in [-0.25, -0.2) is 4.57 Å². The number of ketones is 1. The van der Waals surface area contributed by atoms with Gasteiger partial charge in [0, 0.05) is 50.5 Å². The number of carbonyl (C=O) groups excluding carboxylic acids is 3. The SMILES string of the molecule is CCCCC[C@H](O)/C=C/[C@H]1[C@H](O)CC(=O)[C@@H]1C/C=C\CCCC(=O)O[C@H](COC(=O)CCCCCCCCCCc1oc(CCC)c(C)c1C)COP(=O)(O)OCCN. The van der Waals surface area contributed by atoms with Crippen molar-refractivity contribution in [2.75, 3.05) is 26.4 Å². The van der Waals surface area contributed by atoms with Crippen molar-refractivity contribution in [2.24, 2.45) is 17.6 Å². The third-order valence-corrected chi connectivity index (χ3v) is 11.9. The van der Waals surface area contributed by atoms with E-state index in [4.69, 9.17) is 28.7 Å². The average molecular weight is 854 g/mol. The molecule has 1 heterocycles. The molecule has 2 rings (SSSR count). The van der Waals surface area contributed by atoms with Crippen molar-refractivity contribution in [3.05, 3.63) is 47.0 Å². The van der Waals surface area contributed by atoms with Gasteiger partial charge in [-0.3, -0.25) is 23.4 Å². The molecule has 14 heteroatoms. The number of aliphatic hydroxyl groups excluding tert-OH is 2. The van der Waals surface area contributed by atoms with E-state index in [0.717, 1.165) is 88.6 Å². The number of aliphatic hydroxyl groups is 2. The Kier molecular flexibility index (Phi) is 27.0. The number of phosphoric ester groups is 1. The van der Waals surface area contributed by atoms with Crippen LogP contribution in [0, 0.1) is 25.7 Å². The van der Waals surface area contributed by atoms with Crippen LogP contribution in [0.15, 0.2) is 28.7 Å². The highest BCUT2D eigenvalue weighted by Gasteiger charge is 2.39. The first-order valence-electron chi connectivity index (χ1n) is 22.3. The van der Waals surface area contributed by atoms with Crippen molar-refractivity contribution in [3.63, 3.8) is 0 Å².